The Balaban J connectivity index is 1.66. The number of fused-ring (bicyclic) bond motifs is 1. The average Bonchev–Trinajstić information content (AvgIpc) is 2.91. The first-order chi connectivity index (χ1) is 10.6. The number of anilines is 1. The number of thiazole rings is 1. The molecule has 0 saturated carbocycles. The van der Waals surface area contributed by atoms with Gasteiger partial charge in [0, 0.05) is 12.7 Å². The van der Waals surface area contributed by atoms with Gasteiger partial charge in [0.25, 0.3) is 0 Å². The van der Waals surface area contributed by atoms with Crippen LogP contribution in [-0.4, -0.2) is 22.0 Å². The summed E-state index contributed by atoms with van der Waals surface area (Å²) in [7, 11) is 1.91. The van der Waals surface area contributed by atoms with Gasteiger partial charge in [-0.05, 0) is 48.6 Å². The highest BCUT2D eigenvalue weighted by molar-refractivity contribution is 7.80. The number of hydrogen-bond acceptors (Lipinski definition) is 3. The van der Waals surface area contributed by atoms with Crippen molar-refractivity contribution in [1.82, 2.24) is 9.88 Å². The molecule has 3 nitrogen and oxygen atoms in total. The summed E-state index contributed by atoms with van der Waals surface area (Å²) in [5, 5.41) is 4.67. The third-order valence-electron chi connectivity index (χ3n) is 3.15. The summed E-state index contributed by atoms with van der Waals surface area (Å²) in [6, 6.07) is 14.2. The Morgan fingerprint density at radius 1 is 1.23 bits per heavy atom. The molecule has 1 aromatic heterocycles. The predicted octanol–water partition coefficient (Wildman–Crippen LogP) is 4.26. The van der Waals surface area contributed by atoms with Crippen LogP contribution in [0.1, 0.15) is 5.01 Å². The Labute approximate surface area is 137 Å². The Morgan fingerprint density at radius 3 is 2.68 bits per heavy atom. The average molecular weight is 331 g/mol. The second kappa shape index (κ2) is 6.37. The Bertz CT molecular complexity index is 766. The van der Waals surface area contributed by atoms with Crippen molar-refractivity contribution in [3.05, 3.63) is 59.4 Å². The number of benzene rings is 2. The number of nitrogens with zero attached hydrogens (tertiary/aromatic N) is 2. The molecule has 0 amide bonds. The summed E-state index contributed by atoms with van der Waals surface area (Å²) < 4.78 is 14.1. The second-order valence-corrected chi connectivity index (χ2v) is 6.37. The van der Waals surface area contributed by atoms with Gasteiger partial charge in [0.1, 0.15) is 10.8 Å². The predicted molar refractivity (Wildman–Crippen MR) is 93.7 cm³/mol. The summed E-state index contributed by atoms with van der Waals surface area (Å²) in [5.41, 5.74) is 1.77. The van der Waals surface area contributed by atoms with Crippen LogP contribution in [0.5, 0.6) is 0 Å². The Kier molecular flexibility index (Phi) is 4.31. The van der Waals surface area contributed by atoms with E-state index in [1.54, 1.807) is 23.5 Å². The first kappa shape index (κ1) is 14.9. The molecule has 0 saturated heterocycles. The van der Waals surface area contributed by atoms with Gasteiger partial charge in [0.05, 0.1) is 16.8 Å². The zero-order valence-electron chi connectivity index (χ0n) is 11.9. The fourth-order valence-electron chi connectivity index (χ4n) is 2.01. The van der Waals surface area contributed by atoms with Gasteiger partial charge in [-0.2, -0.15) is 0 Å². The van der Waals surface area contributed by atoms with E-state index in [2.05, 4.69) is 16.4 Å². The van der Waals surface area contributed by atoms with Crippen LogP contribution in [0.25, 0.3) is 10.2 Å². The summed E-state index contributed by atoms with van der Waals surface area (Å²) >= 11 is 7.03. The topological polar surface area (TPSA) is 28.2 Å². The first-order valence-electron chi connectivity index (χ1n) is 6.74. The van der Waals surface area contributed by atoms with Crippen LogP contribution in [0.15, 0.2) is 48.5 Å². The lowest BCUT2D eigenvalue weighted by atomic mass is 10.3. The van der Waals surface area contributed by atoms with Crippen LogP contribution in [0.2, 0.25) is 0 Å². The molecule has 0 unspecified atom stereocenters. The summed E-state index contributed by atoms with van der Waals surface area (Å²) in [4.78, 5) is 6.51. The van der Waals surface area contributed by atoms with Crippen molar-refractivity contribution < 1.29 is 4.39 Å². The lowest BCUT2D eigenvalue weighted by Gasteiger charge is -2.19. The Morgan fingerprint density at radius 2 is 1.95 bits per heavy atom. The van der Waals surface area contributed by atoms with Crippen molar-refractivity contribution in [2.24, 2.45) is 0 Å². The minimum atomic E-state index is -0.265. The number of hydrogen-bond donors (Lipinski definition) is 1. The molecule has 6 heteroatoms. The van der Waals surface area contributed by atoms with Gasteiger partial charge in [-0.3, -0.25) is 0 Å². The molecule has 0 radical (unpaired) electrons. The lowest BCUT2D eigenvalue weighted by Crippen LogP contribution is -2.30. The molecule has 0 aliphatic carbocycles. The van der Waals surface area contributed by atoms with Crippen molar-refractivity contribution in [3.63, 3.8) is 0 Å². The van der Waals surface area contributed by atoms with Crippen LogP contribution in [-0.2, 0) is 6.54 Å². The maximum atomic E-state index is 12.9. The number of aromatic nitrogens is 1. The van der Waals surface area contributed by atoms with E-state index in [1.165, 1.54) is 16.8 Å². The van der Waals surface area contributed by atoms with Crippen LogP contribution in [0.4, 0.5) is 10.1 Å². The maximum Gasteiger partial charge on any atom is 0.173 e. The summed E-state index contributed by atoms with van der Waals surface area (Å²) in [6.45, 7) is 0.631. The molecule has 0 spiro atoms. The highest BCUT2D eigenvalue weighted by Gasteiger charge is 2.09. The number of rotatable bonds is 3. The van der Waals surface area contributed by atoms with Gasteiger partial charge in [-0.1, -0.05) is 12.1 Å². The minimum absolute atomic E-state index is 0.265. The molecular weight excluding hydrogens is 317 g/mol. The molecule has 0 fully saturated rings. The summed E-state index contributed by atoms with van der Waals surface area (Å²) in [5.74, 6) is -0.265. The fourth-order valence-corrected chi connectivity index (χ4v) is 3.22. The molecule has 22 heavy (non-hydrogen) atoms. The fraction of sp³-hybridized carbons (Fsp3) is 0.125. The SMILES string of the molecule is CN(Cc1nc2ccccc2s1)C(=S)Nc1ccc(F)cc1. The molecule has 3 rings (SSSR count). The normalized spacial score (nSPS) is 10.6. The third kappa shape index (κ3) is 3.40. The zero-order valence-corrected chi connectivity index (χ0v) is 13.5. The maximum absolute atomic E-state index is 12.9. The van der Waals surface area contributed by atoms with E-state index in [1.807, 2.05) is 30.1 Å². The zero-order chi connectivity index (χ0) is 15.5. The van der Waals surface area contributed by atoms with E-state index in [0.717, 1.165) is 16.2 Å². The standard InChI is InChI=1S/C16H14FN3S2/c1-20(16(21)18-12-8-6-11(17)7-9-12)10-15-19-13-4-2-3-5-14(13)22-15/h2-9H,10H2,1H3,(H,18,21). The van der Waals surface area contributed by atoms with Crippen molar-refractivity contribution in [2.45, 2.75) is 6.54 Å². The van der Waals surface area contributed by atoms with Crippen molar-refractivity contribution in [2.75, 3.05) is 12.4 Å². The lowest BCUT2D eigenvalue weighted by molar-refractivity contribution is 0.507. The van der Waals surface area contributed by atoms with Crippen molar-refractivity contribution >= 4 is 44.6 Å². The van der Waals surface area contributed by atoms with Gasteiger partial charge < -0.3 is 10.2 Å². The largest absolute Gasteiger partial charge is 0.345 e. The highest BCUT2D eigenvalue weighted by Crippen LogP contribution is 2.22. The first-order valence-corrected chi connectivity index (χ1v) is 7.96. The number of thiocarbonyl (C=S) groups is 1. The Hall–Kier alpha value is -2.05. The number of nitrogens with one attached hydrogen (secondary N) is 1. The molecule has 112 valence electrons. The molecular formula is C16H14FN3S2. The van der Waals surface area contributed by atoms with Crippen molar-refractivity contribution in [3.8, 4) is 0 Å². The van der Waals surface area contributed by atoms with E-state index in [-0.39, 0.29) is 5.82 Å². The van der Waals surface area contributed by atoms with E-state index in [9.17, 15) is 4.39 Å². The number of halogens is 1. The monoisotopic (exact) mass is 331 g/mol. The molecule has 0 bridgehead atoms. The highest BCUT2D eigenvalue weighted by atomic mass is 32.1. The van der Waals surface area contributed by atoms with Gasteiger partial charge in [0.15, 0.2) is 5.11 Å². The molecule has 1 N–H and O–H groups in total. The molecule has 1 heterocycles. The molecule has 0 aliphatic rings. The van der Waals surface area contributed by atoms with Crippen LogP contribution in [0.3, 0.4) is 0 Å². The van der Waals surface area contributed by atoms with Crippen LogP contribution in [0, 0.1) is 5.82 Å². The number of para-hydroxylation sites is 1. The quantitative estimate of drug-likeness (QED) is 0.726. The third-order valence-corrected chi connectivity index (χ3v) is 4.59. The van der Waals surface area contributed by atoms with E-state index in [4.69, 9.17) is 12.2 Å². The van der Waals surface area contributed by atoms with Crippen LogP contribution < -0.4 is 5.32 Å². The van der Waals surface area contributed by atoms with Gasteiger partial charge in [-0.15, -0.1) is 11.3 Å². The van der Waals surface area contributed by atoms with Gasteiger partial charge in [-0.25, -0.2) is 9.37 Å². The van der Waals surface area contributed by atoms with E-state index >= 15 is 0 Å². The second-order valence-electron chi connectivity index (χ2n) is 4.87. The van der Waals surface area contributed by atoms with Crippen molar-refractivity contribution in [1.29, 1.82) is 0 Å². The van der Waals surface area contributed by atoms with Gasteiger partial charge in [0.2, 0.25) is 0 Å². The minimum Gasteiger partial charge on any atom is -0.345 e. The summed E-state index contributed by atoms with van der Waals surface area (Å²) in [6.07, 6.45) is 0. The molecule has 0 atom stereocenters. The smallest absolute Gasteiger partial charge is 0.173 e. The molecule has 2 aromatic carbocycles. The van der Waals surface area contributed by atoms with E-state index < -0.39 is 0 Å². The molecule has 3 aromatic rings. The molecule has 0 aliphatic heterocycles. The van der Waals surface area contributed by atoms with Gasteiger partial charge >= 0.3 is 0 Å². The van der Waals surface area contributed by atoms with Crippen LogP contribution >= 0.6 is 23.6 Å². The van der Waals surface area contributed by atoms with E-state index in [0.29, 0.717) is 11.7 Å².